The predicted octanol–water partition coefficient (Wildman–Crippen LogP) is 4.11. The van der Waals surface area contributed by atoms with Gasteiger partial charge in [0.05, 0.1) is 12.1 Å². The number of benzene rings is 1. The van der Waals surface area contributed by atoms with E-state index in [1.807, 2.05) is 13.8 Å². The van der Waals surface area contributed by atoms with Crippen molar-refractivity contribution in [3.05, 3.63) is 35.6 Å². The molecular weight excluding hydrogens is 267 g/mol. The third-order valence-corrected chi connectivity index (χ3v) is 3.70. The van der Waals surface area contributed by atoms with E-state index in [1.165, 1.54) is 12.1 Å². The summed E-state index contributed by atoms with van der Waals surface area (Å²) in [6, 6.07) is 8.02. The molecule has 114 valence electrons. The van der Waals surface area contributed by atoms with Crippen LogP contribution in [0.2, 0.25) is 0 Å². The molecule has 0 radical (unpaired) electrons. The van der Waals surface area contributed by atoms with Crippen LogP contribution in [0.25, 0.3) is 0 Å². The van der Waals surface area contributed by atoms with E-state index in [-0.39, 0.29) is 17.8 Å². The van der Waals surface area contributed by atoms with Crippen molar-refractivity contribution < 1.29 is 9.18 Å². The molecule has 0 fully saturated rings. The highest BCUT2D eigenvalue weighted by atomic mass is 19.1. The maximum absolute atomic E-state index is 13.2. The molecule has 0 spiro atoms. The van der Waals surface area contributed by atoms with Crippen molar-refractivity contribution >= 4 is 5.91 Å². The minimum atomic E-state index is -0.981. The molecule has 0 heterocycles. The van der Waals surface area contributed by atoms with Gasteiger partial charge in [-0.2, -0.15) is 5.26 Å². The van der Waals surface area contributed by atoms with E-state index in [0.29, 0.717) is 18.4 Å². The van der Waals surface area contributed by atoms with E-state index < -0.39 is 5.41 Å². The Kier molecular flexibility index (Phi) is 6.36. The number of carbonyl (C=O) groups is 1. The largest absolute Gasteiger partial charge is 0.348 e. The number of nitrogens with one attached hydrogen (secondary N) is 1. The maximum Gasteiger partial charge on any atom is 0.240 e. The minimum Gasteiger partial charge on any atom is -0.348 e. The van der Waals surface area contributed by atoms with Crippen molar-refractivity contribution in [1.82, 2.24) is 5.32 Å². The molecule has 0 aromatic heterocycles. The normalized spacial score (nSPS) is 12.5. The van der Waals surface area contributed by atoms with E-state index in [2.05, 4.69) is 11.4 Å². The molecule has 21 heavy (non-hydrogen) atoms. The lowest BCUT2D eigenvalue weighted by Crippen LogP contribution is -2.41. The number of hydrogen-bond acceptors (Lipinski definition) is 2. The lowest BCUT2D eigenvalue weighted by atomic mass is 9.79. The molecule has 1 N–H and O–H groups in total. The van der Waals surface area contributed by atoms with Crippen LogP contribution >= 0.6 is 0 Å². The van der Waals surface area contributed by atoms with E-state index in [9.17, 15) is 14.4 Å². The van der Waals surface area contributed by atoms with Gasteiger partial charge in [0.15, 0.2) is 0 Å². The number of hydrogen-bond donors (Lipinski definition) is 1. The number of halogens is 1. The summed E-state index contributed by atoms with van der Waals surface area (Å²) in [6.45, 7) is 5.72. The second kappa shape index (κ2) is 7.78. The number of amides is 1. The maximum atomic E-state index is 13.2. The lowest BCUT2D eigenvalue weighted by molar-refractivity contribution is -0.129. The fourth-order valence-electron chi connectivity index (χ4n) is 2.56. The standard InChI is InChI=1S/C17H23FN2O/c1-4-9-17(12-19,10-5-2)16(21)20-13(3)14-7-6-8-15(18)11-14/h6-8,11,13H,4-5,9-10H2,1-3H3,(H,20,21). The van der Waals surface area contributed by atoms with Gasteiger partial charge in [-0.25, -0.2) is 4.39 Å². The highest BCUT2D eigenvalue weighted by Gasteiger charge is 2.37. The average molecular weight is 290 g/mol. The zero-order chi connectivity index (χ0) is 15.9. The molecule has 1 aromatic rings. The average Bonchev–Trinajstić information content (AvgIpc) is 2.46. The Balaban J connectivity index is 2.89. The topological polar surface area (TPSA) is 52.9 Å². The van der Waals surface area contributed by atoms with Gasteiger partial charge in [0.1, 0.15) is 11.2 Å². The Morgan fingerprint density at radius 2 is 2.00 bits per heavy atom. The Hall–Kier alpha value is -1.89. The quantitative estimate of drug-likeness (QED) is 0.821. The summed E-state index contributed by atoms with van der Waals surface area (Å²) in [5.41, 5.74) is -0.284. The van der Waals surface area contributed by atoms with Crippen LogP contribution in [-0.2, 0) is 4.79 Å². The fraction of sp³-hybridized carbons (Fsp3) is 0.529. The van der Waals surface area contributed by atoms with Crippen molar-refractivity contribution in [3.63, 3.8) is 0 Å². The van der Waals surface area contributed by atoms with Crippen molar-refractivity contribution in [3.8, 4) is 6.07 Å². The summed E-state index contributed by atoms with van der Waals surface area (Å²) in [6.07, 6.45) is 2.63. The van der Waals surface area contributed by atoms with Crippen LogP contribution in [0, 0.1) is 22.6 Å². The van der Waals surface area contributed by atoms with Crippen LogP contribution in [0.15, 0.2) is 24.3 Å². The number of rotatable bonds is 7. The smallest absolute Gasteiger partial charge is 0.240 e. The third-order valence-electron chi connectivity index (χ3n) is 3.70. The summed E-state index contributed by atoms with van der Waals surface area (Å²) in [5.74, 6) is -0.590. The summed E-state index contributed by atoms with van der Waals surface area (Å²) in [4.78, 5) is 12.5. The molecule has 1 rings (SSSR count). The molecule has 1 atom stereocenters. The fourth-order valence-corrected chi connectivity index (χ4v) is 2.56. The first-order valence-electron chi connectivity index (χ1n) is 7.46. The number of nitriles is 1. The molecule has 0 saturated heterocycles. The van der Waals surface area contributed by atoms with Gasteiger partial charge in [-0.3, -0.25) is 4.79 Å². The molecule has 0 aliphatic heterocycles. The highest BCUT2D eigenvalue weighted by Crippen LogP contribution is 2.30. The van der Waals surface area contributed by atoms with Gasteiger partial charge in [0.2, 0.25) is 5.91 Å². The molecule has 0 aliphatic rings. The van der Waals surface area contributed by atoms with Gasteiger partial charge < -0.3 is 5.32 Å². The molecular formula is C17H23FN2O. The second-order valence-corrected chi connectivity index (χ2v) is 5.44. The van der Waals surface area contributed by atoms with Crippen molar-refractivity contribution in [2.45, 2.75) is 52.5 Å². The molecule has 3 nitrogen and oxygen atoms in total. The van der Waals surface area contributed by atoms with Gasteiger partial charge in [-0.15, -0.1) is 0 Å². The van der Waals surface area contributed by atoms with Crippen molar-refractivity contribution in [2.75, 3.05) is 0 Å². The first-order chi connectivity index (χ1) is 9.99. The molecule has 0 saturated carbocycles. The van der Waals surface area contributed by atoms with Crippen molar-refractivity contribution in [1.29, 1.82) is 5.26 Å². The highest BCUT2D eigenvalue weighted by molar-refractivity contribution is 5.85. The Morgan fingerprint density at radius 1 is 1.38 bits per heavy atom. The number of carbonyl (C=O) groups excluding carboxylic acids is 1. The first-order valence-corrected chi connectivity index (χ1v) is 7.46. The summed E-state index contributed by atoms with van der Waals surface area (Å²) in [7, 11) is 0. The molecule has 0 aliphatic carbocycles. The SMILES string of the molecule is CCCC(C#N)(CCC)C(=O)NC(C)c1cccc(F)c1. The summed E-state index contributed by atoms with van der Waals surface area (Å²) >= 11 is 0. The van der Waals surface area contributed by atoms with Crippen LogP contribution in [0.1, 0.15) is 58.1 Å². The summed E-state index contributed by atoms with van der Waals surface area (Å²) < 4.78 is 13.2. The third kappa shape index (κ3) is 4.29. The summed E-state index contributed by atoms with van der Waals surface area (Å²) in [5, 5.41) is 12.3. The molecule has 1 unspecified atom stereocenters. The molecule has 1 aromatic carbocycles. The van der Waals surface area contributed by atoms with Gasteiger partial charge >= 0.3 is 0 Å². The monoisotopic (exact) mass is 290 g/mol. The molecule has 4 heteroatoms. The first kappa shape index (κ1) is 17.2. The van der Waals surface area contributed by atoms with Crippen LogP contribution in [0.5, 0.6) is 0 Å². The molecule has 0 bridgehead atoms. The van der Waals surface area contributed by atoms with E-state index in [4.69, 9.17) is 0 Å². The van der Waals surface area contributed by atoms with Crippen LogP contribution in [0.4, 0.5) is 4.39 Å². The van der Waals surface area contributed by atoms with Gasteiger partial charge in [-0.05, 0) is 37.5 Å². The van der Waals surface area contributed by atoms with E-state index in [1.54, 1.807) is 19.1 Å². The zero-order valence-electron chi connectivity index (χ0n) is 12.9. The Bertz CT molecular complexity index is 516. The molecule has 1 amide bonds. The lowest BCUT2D eigenvalue weighted by Gasteiger charge is -2.27. The van der Waals surface area contributed by atoms with E-state index >= 15 is 0 Å². The number of nitrogens with zero attached hydrogens (tertiary/aromatic N) is 1. The van der Waals surface area contributed by atoms with Gasteiger partial charge in [0, 0.05) is 0 Å². The van der Waals surface area contributed by atoms with E-state index in [0.717, 1.165) is 12.8 Å². The zero-order valence-corrected chi connectivity index (χ0v) is 12.9. The Labute approximate surface area is 126 Å². The minimum absolute atomic E-state index is 0.259. The van der Waals surface area contributed by atoms with Gasteiger partial charge in [0.25, 0.3) is 0 Å². The van der Waals surface area contributed by atoms with Crippen LogP contribution in [-0.4, -0.2) is 5.91 Å². The Morgan fingerprint density at radius 3 is 2.48 bits per heavy atom. The van der Waals surface area contributed by atoms with Crippen molar-refractivity contribution in [2.24, 2.45) is 5.41 Å². The van der Waals surface area contributed by atoms with Crippen LogP contribution in [0.3, 0.4) is 0 Å². The predicted molar refractivity (Wildman–Crippen MR) is 80.8 cm³/mol. The van der Waals surface area contributed by atoms with Gasteiger partial charge in [-0.1, -0.05) is 38.8 Å². The second-order valence-electron chi connectivity index (χ2n) is 5.44. The van der Waals surface area contributed by atoms with Crippen LogP contribution < -0.4 is 5.32 Å².